The smallest absolute Gasteiger partial charge is 0.152 e. The summed E-state index contributed by atoms with van der Waals surface area (Å²) < 4.78 is 15.1. The molecule has 158 valence electrons. The monoisotopic (exact) mass is 421 g/mol. The van der Waals surface area contributed by atoms with E-state index in [2.05, 4.69) is 33.1 Å². The van der Waals surface area contributed by atoms with E-state index in [0.717, 1.165) is 29.6 Å². The van der Waals surface area contributed by atoms with Gasteiger partial charge in [-0.15, -0.1) is 0 Å². The molecule has 2 aromatic carbocycles. The zero-order chi connectivity index (χ0) is 20.1. The van der Waals surface area contributed by atoms with Gasteiger partial charge in [0.1, 0.15) is 0 Å². The van der Waals surface area contributed by atoms with Gasteiger partial charge in [-0.05, 0) is 86.4 Å². The highest BCUT2D eigenvalue weighted by Gasteiger charge is 2.48. The fraction of sp³-hybridized carbons (Fsp3) is 0.520. The molecule has 0 bridgehead atoms. The van der Waals surface area contributed by atoms with Crippen LogP contribution < -0.4 is 14.9 Å². The average molecular weight is 422 g/mol. The lowest BCUT2D eigenvalue weighted by atomic mass is 9.60. The van der Waals surface area contributed by atoms with E-state index in [1.807, 2.05) is 30.3 Å². The Bertz CT molecular complexity index is 948. The number of hydrogen-bond donors (Lipinski definition) is 2. The Morgan fingerprint density at radius 1 is 1.07 bits per heavy atom. The molecule has 6 rings (SSSR count). The molecule has 3 atom stereocenters. The van der Waals surface area contributed by atoms with Crippen LogP contribution in [0.15, 0.2) is 53.4 Å². The van der Waals surface area contributed by atoms with Gasteiger partial charge in [0.25, 0.3) is 0 Å². The van der Waals surface area contributed by atoms with E-state index >= 15 is 0 Å². The third-order valence-electron chi connectivity index (χ3n) is 7.79. The second-order valence-electron chi connectivity index (χ2n) is 9.77. The average Bonchev–Trinajstić information content (AvgIpc) is 3.41. The minimum Gasteiger partial charge on any atom is -0.317 e. The summed E-state index contributed by atoms with van der Waals surface area (Å²) in [5, 5.41) is 7.45. The van der Waals surface area contributed by atoms with Crippen molar-refractivity contribution < 1.29 is 4.21 Å². The number of anilines is 1. The predicted octanol–water partition coefficient (Wildman–Crippen LogP) is 3.75. The number of nitrogens with zero attached hydrogens (tertiary/aromatic N) is 1. The van der Waals surface area contributed by atoms with Gasteiger partial charge in [-0.25, -0.2) is 4.21 Å². The summed E-state index contributed by atoms with van der Waals surface area (Å²) in [6.45, 7) is 3.26. The molecule has 5 heteroatoms. The van der Waals surface area contributed by atoms with Crippen LogP contribution in [0.1, 0.15) is 49.1 Å². The van der Waals surface area contributed by atoms with Crippen molar-refractivity contribution in [3.8, 4) is 0 Å². The molecule has 30 heavy (non-hydrogen) atoms. The Hall–Kier alpha value is -1.69. The summed E-state index contributed by atoms with van der Waals surface area (Å²) in [5.41, 5.74) is 4.63. The maximum absolute atomic E-state index is 13.0. The van der Waals surface area contributed by atoms with Gasteiger partial charge in [-0.3, -0.25) is 4.31 Å². The van der Waals surface area contributed by atoms with Crippen LogP contribution >= 0.6 is 0 Å². The topological polar surface area (TPSA) is 44.4 Å². The first-order valence-corrected chi connectivity index (χ1v) is 12.7. The molecular formula is C25H31N3OS. The van der Waals surface area contributed by atoms with E-state index < -0.39 is 11.0 Å². The van der Waals surface area contributed by atoms with Gasteiger partial charge in [-0.2, -0.15) is 0 Å². The second-order valence-corrected chi connectivity index (χ2v) is 11.2. The minimum absolute atomic E-state index is 0.652. The molecule has 0 aromatic heterocycles. The number of piperidine rings is 1. The van der Waals surface area contributed by atoms with E-state index in [4.69, 9.17) is 0 Å². The standard InChI is InChI=1S/C25H31N3OS/c29-30(21-4-2-1-3-5-21)28-13-8-19-14-18(6-7-24(19)28)22-15-23(22)27-20-16-25(17-20)9-11-26-12-10-25/h1-7,14,20,22-23,26-27H,8-13,15-17H2. The van der Waals surface area contributed by atoms with Gasteiger partial charge in [-0.1, -0.05) is 30.3 Å². The SMILES string of the molecule is O=S(c1ccccc1)N1CCc2cc(C3CC3NC3CC4(CCNCC4)C3)ccc21. The van der Waals surface area contributed by atoms with Crippen molar-refractivity contribution >= 4 is 16.7 Å². The molecule has 2 aliphatic carbocycles. The van der Waals surface area contributed by atoms with Crippen LogP contribution in [0.25, 0.3) is 0 Å². The summed E-state index contributed by atoms with van der Waals surface area (Å²) >= 11 is 0. The molecule has 2 N–H and O–H groups in total. The molecule has 2 heterocycles. The van der Waals surface area contributed by atoms with Gasteiger partial charge in [0.05, 0.1) is 10.6 Å². The van der Waals surface area contributed by atoms with Crippen LogP contribution in [0, 0.1) is 5.41 Å². The van der Waals surface area contributed by atoms with Gasteiger partial charge < -0.3 is 10.6 Å². The minimum atomic E-state index is -1.12. The number of fused-ring (bicyclic) bond motifs is 1. The van der Waals surface area contributed by atoms with E-state index in [1.165, 1.54) is 56.3 Å². The molecule has 3 unspecified atom stereocenters. The molecule has 0 amide bonds. The fourth-order valence-corrected chi connectivity index (χ4v) is 7.24. The van der Waals surface area contributed by atoms with E-state index in [-0.39, 0.29) is 0 Å². The third-order valence-corrected chi connectivity index (χ3v) is 9.25. The molecule has 4 aliphatic rings. The first-order chi connectivity index (χ1) is 14.7. The number of rotatable bonds is 5. The molecular weight excluding hydrogens is 390 g/mol. The normalized spacial score (nSPS) is 28.2. The van der Waals surface area contributed by atoms with Crippen molar-refractivity contribution in [1.82, 2.24) is 10.6 Å². The van der Waals surface area contributed by atoms with Crippen LogP contribution in [-0.4, -0.2) is 35.9 Å². The van der Waals surface area contributed by atoms with Crippen molar-refractivity contribution in [2.24, 2.45) is 5.41 Å². The Morgan fingerprint density at radius 3 is 2.67 bits per heavy atom. The lowest BCUT2D eigenvalue weighted by molar-refractivity contribution is 0.0449. The van der Waals surface area contributed by atoms with Gasteiger partial charge in [0.15, 0.2) is 11.0 Å². The lowest BCUT2D eigenvalue weighted by Gasteiger charge is -2.51. The van der Waals surface area contributed by atoms with Crippen LogP contribution in [0.5, 0.6) is 0 Å². The van der Waals surface area contributed by atoms with Gasteiger partial charge in [0, 0.05) is 24.5 Å². The second kappa shape index (κ2) is 7.47. The molecule has 0 radical (unpaired) electrons. The van der Waals surface area contributed by atoms with Crippen LogP contribution in [0.2, 0.25) is 0 Å². The van der Waals surface area contributed by atoms with Crippen molar-refractivity contribution in [2.75, 3.05) is 23.9 Å². The van der Waals surface area contributed by atoms with E-state index in [0.29, 0.717) is 17.4 Å². The molecule has 1 spiro atoms. The Morgan fingerprint density at radius 2 is 1.87 bits per heavy atom. The third kappa shape index (κ3) is 3.41. The molecule has 2 aliphatic heterocycles. The molecule has 1 saturated heterocycles. The van der Waals surface area contributed by atoms with Crippen molar-refractivity contribution in [3.05, 3.63) is 59.7 Å². The summed E-state index contributed by atoms with van der Waals surface area (Å²) in [4.78, 5) is 0.882. The van der Waals surface area contributed by atoms with Gasteiger partial charge >= 0.3 is 0 Å². The van der Waals surface area contributed by atoms with Crippen molar-refractivity contribution in [1.29, 1.82) is 0 Å². The fourth-order valence-electron chi connectivity index (χ4n) is 5.98. The highest BCUT2D eigenvalue weighted by Crippen LogP contribution is 2.50. The Labute approximate surface area is 182 Å². The van der Waals surface area contributed by atoms with E-state index in [1.54, 1.807) is 0 Å². The number of nitrogens with one attached hydrogen (secondary N) is 2. The largest absolute Gasteiger partial charge is 0.317 e. The van der Waals surface area contributed by atoms with Gasteiger partial charge in [0.2, 0.25) is 0 Å². The molecule has 4 nitrogen and oxygen atoms in total. The first kappa shape index (κ1) is 19.0. The Kier molecular flexibility index (Phi) is 4.74. The molecule has 3 fully saturated rings. The van der Waals surface area contributed by atoms with Crippen molar-refractivity contribution in [3.63, 3.8) is 0 Å². The van der Waals surface area contributed by atoms with Crippen LogP contribution in [0.3, 0.4) is 0 Å². The zero-order valence-corrected chi connectivity index (χ0v) is 18.3. The van der Waals surface area contributed by atoms with Crippen LogP contribution in [-0.2, 0) is 17.4 Å². The predicted molar refractivity (Wildman–Crippen MR) is 122 cm³/mol. The number of benzene rings is 2. The molecule has 2 aromatic rings. The zero-order valence-electron chi connectivity index (χ0n) is 17.5. The highest BCUT2D eigenvalue weighted by atomic mass is 32.2. The maximum Gasteiger partial charge on any atom is 0.152 e. The molecule has 2 saturated carbocycles. The lowest BCUT2D eigenvalue weighted by Crippen LogP contribution is -2.53. The van der Waals surface area contributed by atoms with E-state index in [9.17, 15) is 4.21 Å². The summed E-state index contributed by atoms with van der Waals surface area (Å²) in [5.74, 6) is 0.661. The summed E-state index contributed by atoms with van der Waals surface area (Å²) in [7, 11) is -1.12. The summed E-state index contributed by atoms with van der Waals surface area (Å²) in [6, 6.07) is 18.1. The van der Waals surface area contributed by atoms with Crippen molar-refractivity contribution in [2.45, 2.75) is 61.4 Å². The number of hydrogen-bond acceptors (Lipinski definition) is 3. The highest BCUT2D eigenvalue weighted by molar-refractivity contribution is 7.86. The quantitative estimate of drug-likeness (QED) is 0.773. The summed E-state index contributed by atoms with van der Waals surface area (Å²) in [6.07, 6.45) is 7.75. The first-order valence-electron chi connectivity index (χ1n) is 11.5. The maximum atomic E-state index is 13.0. The Balaban J connectivity index is 1.08. The van der Waals surface area contributed by atoms with Crippen LogP contribution in [0.4, 0.5) is 5.69 Å².